The summed E-state index contributed by atoms with van der Waals surface area (Å²) in [5.74, 6) is -1.88. The van der Waals surface area contributed by atoms with Crippen molar-refractivity contribution in [2.24, 2.45) is 0 Å². The molecule has 0 aliphatic carbocycles. The zero-order chi connectivity index (χ0) is 14.0. The van der Waals surface area contributed by atoms with Crippen molar-refractivity contribution >= 4 is 17.5 Å². The predicted molar refractivity (Wildman–Crippen MR) is 66.0 cm³/mol. The van der Waals surface area contributed by atoms with Crippen LogP contribution in [0.5, 0.6) is 0 Å². The first-order chi connectivity index (χ1) is 8.97. The van der Waals surface area contributed by atoms with E-state index in [9.17, 15) is 13.6 Å². The molecule has 0 saturated heterocycles. The molecule has 0 aliphatic rings. The van der Waals surface area contributed by atoms with Crippen LogP contribution in [0.25, 0.3) is 0 Å². The average Bonchev–Trinajstić information content (AvgIpc) is 2.75. The van der Waals surface area contributed by atoms with Gasteiger partial charge in [-0.25, -0.2) is 8.78 Å². The van der Waals surface area contributed by atoms with Gasteiger partial charge in [0.05, 0.1) is 6.04 Å². The monoisotopic (exact) mass is 285 g/mol. The van der Waals surface area contributed by atoms with Crippen molar-refractivity contribution in [1.29, 1.82) is 0 Å². The van der Waals surface area contributed by atoms with Crippen molar-refractivity contribution in [3.63, 3.8) is 0 Å². The standard InChI is InChI=1S/C13H10ClF2NO2/c1-7(9-3-2-8(15)6-10(9)16)17-13(18)11-4-5-12(14)19-11/h2-7H,1H3,(H,17,18). The number of halogens is 3. The van der Waals surface area contributed by atoms with Crippen LogP contribution in [0.1, 0.15) is 29.1 Å². The molecule has 0 spiro atoms. The van der Waals surface area contributed by atoms with Crippen LogP contribution < -0.4 is 5.32 Å². The lowest BCUT2D eigenvalue weighted by atomic mass is 10.1. The summed E-state index contributed by atoms with van der Waals surface area (Å²) in [5, 5.41) is 2.62. The van der Waals surface area contributed by atoms with Crippen LogP contribution in [0, 0.1) is 11.6 Å². The highest BCUT2D eigenvalue weighted by molar-refractivity contribution is 6.29. The van der Waals surface area contributed by atoms with Crippen LogP contribution >= 0.6 is 11.6 Å². The lowest BCUT2D eigenvalue weighted by molar-refractivity contribution is 0.0911. The van der Waals surface area contributed by atoms with Crippen molar-refractivity contribution < 1.29 is 18.0 Å². The Balaban J connectivity index is 2.12. The van der Waals surface area contributed by atoms with Crippen LogP contribution in [-0.4, -0.2) is 5.91 Å². The normalized spacial score (nSPS) is 12.2. The maximum Gasteiger partial charge on any atom is 0.287 e. The fourth-order valence-corrected chi connectivity index (χ4v) is 1.78. The van der Waals surface area contributed by atoms with Gasteiger partial charge in [-0.15, -0.1) is 0 Å². The molecule has 100 valence electrons. The molecule has 1 heterocycles. The third-order valence-corrected chi connectivity index (χ3v) is 2.78. The van der Waals surface area contributed by atoms with Crippen LogP contribution in [0.3, 0.4) is 0 Å². The Morgan fingerprint density at radius 1 is 1.32 bits per heavy atom. The van der Waals surface area contributed by atoms with Crippen LogP contribution in [0.4, 0.5) is 8.78 Å². The molecular weight excluding hydrogens is 276 g/mol. The van der Waals surface area contributed by atoms with Gasteiger partial charge in [-0.3, -0.25) is 4.79 Å². The minimum absolute atomic E-state index is 0.0272. The van der Waals surface area contributed by atoms with E-state index in [0.717, 1.165) is 12.1 Å². The zero-order valence-corrected chi connectivity index (χ0v) is 10.7. The van der Waals surface area contributed by atoms with E-state index in [2.05, 4.69) is 5.32 Å². The summed E-state index contributed by atoms with van der Waals surface area (Å²) in [6, 6.07) is 5.39. The molecule has 1 aromatic heterocycles. The molecule has 1 N–H and O–H groups in total. The smallest absolute Gasteiger partial charge is 0.287 e. The van der Waals surface area contributed by atoms with Gasteiger partial charge in [-0.1, -0.05) is 6.07 Å². The molecule has 0 aliphatic heterocycles. The third-order valence-electron chi connectivity index (χ3n) is 2.57. The fraction of sp³-hybridized carbons (Fsp3) is 0.154. The Morgan fingerprint density at radius 2 is 2.05 bits per heavy atom. The van der Waals surface area contributed by atoms with Gasteiger partial charge in [0.1, 0.15) is 11.6 Å². The molecule has 19 heavy (non-hydrogen) atoms. The Bertz CT molecular complexity index is 612. The highest BCUT2D eigenvalue weighted by Crippen LogP contribution is 2.19. The Morgan fingerprint density at radius 3 is 2.63 bits per heavy atom. The number of benzene rings is 1. The lowest BCUT2D eigenvalue weighted by Gasteiger charge is -2.14. The van der Waals surface area contributed by atoms with E-state index in [-0.39, 0.29) is 16.5 Å². The molecule has 6 heteroatoms. The minimum Gasteiger partial charge on any atom is -0.440 e. The van der Waals surface area contributed by atoms with Gasteiger partial charge in [-0.2, -0.15) is 0 Å². The first kappa shape index (κ1) is 13.5. The molecule has 0 saturated carbocycles. The van der Waals surface area contributed by atoms with Crippen molar-refractivity contribution in [2.45, 2.75) is 13.0 Å². The van der Waals surface area contributed by atoms with Crippen molar-refractivity contribution in [1.82, 2.24) is 5.32 Å². The summed E-state index contributed by atoms with van der Waals surface area (Å²) >= 11 is 5.55. The quantitative estimate of drug-likeness (QED) is 0.934. The molecule has 1 aromatic carbocycles. The number of hydrogen-bond acceptors (Lipinski definition) is 2. The number of carbonyl (C=O) groups excluding carboxylic acids is 1. The van der Waals surface area contributed by atoms with E-state index < -0.39 is 23.6 Å². The van der Waals surface area contributed by atoms with Gasteiger partial charge in [0.2, 0.25) is 0 Å². The minimum atomic E-state index is -0.717. The van der Waals surface area contributed by atoms with Gasteiger partial charge < -0.3 is 9.73 Å². The summed E-state index contributed by atoms with van der Waals surface area (Å²) in [6.07, 6.45) is 0. The Labute approximate surface area is 113 Å². The van der Waals surface area contributed by atoms with Crippen molar-refractivity contribution in [2.75, 3.05) is 0 Å². The van der Waals surface area contributed by atoms with Gasteiger partial charge >= 0.3 is 0 Å². The van der Waals surface area contributed by atoms with Gasteiger partial charge in [-0.05, 0) is 36.7 Å². The second-order valence-electron chi connectivity index (χ2n) is 3.96. The molecule has 1 amide bonds. The fourth-order valence-electron chi connectivity index (χ4n) is 1.63. The van der Waals surface area contributed by atoms with Crippen LogP contribution in [-0.2, 0) is 0 Å². The molecule has 2 rings (SSSR count). The lowest BCUT2D eigenvalue weighted by Crippen LogP contribution is -2.26. The molecule has 1 unspecified atom stereocenters. The first-order valence-electron chi connectivity index (χ1n) is 5.48. The van der Waals surface area contributed by atoms with E-state index in [1.165, 1.54) is 18.2 Å². The summed E-state index contributed by atoms with van der Waals surface area (Å²) in [7, 11) is 0. The highest BCUT2D eigenvalue weighted by atomic mass is 35.5. The molecule has 0 fully saturated rings. The Hall–Kier alpha value is -1.88. The molecule has 2 aromatic rings. The molecule has 0 radical (unpaired) electrons. The largest absolute Gasteiger partial charge is 0.440 e. The molecule has 0 bridgehead atoms. The number of rotatable bonds is 3. The average molecular weight is 286 g/mol. The third kappa shape index (κ3) is 3.12. The predicted octanol–water partition coefficient (Wildman–Crippen LogP) is 3.70. The van der Waals surface area contributed by atoms with Gasteiger partial charge in [0.15, 0.2) is 11.0 Å². The van der Waals surface area contributed by atoms with E-state index in [1.807, 2.05) is 0 Å². The van der Waals surface area contributed by atoms with Crippen molar-refractivity contribution in [3.05, 3.63) is 58.5 Å². The van der Waals surface area contributed by atoms with Gasteiger partial charge in [0.25, 0.3) is 5.91 Å². The summed E-state index contributed by atoms with van der Waals surface area (Å²) < 4.78 is 31.2. The zero-order valence-electron chi connectivity index (χ0n) is 9.91. The molecule has 3 nitrogen and oxygen atoms in total. The topological polar surface area (TPSA) is 42.2 Å². The second kappa shape index (κ2) is 5.40. The first-order valence-corrected chi connectivity index (χ1v) is 5.86. The maximum atomic E-state index is 13.5. The number of carbonyl (C=O) groups is 1. The summed E-state index contributed by atoms with van der Waals surface area (Å²) in [6.45, 7) is 1.58. The Kier molecular flexibility index (Phi) is 3.85. The maximum absolute atomic E-state index is 13.5. The van der Waals surface area contributed by atoms with Gasteiger partial charge in [0, 0.05) is 11.6 Å². The van der Waals surface area contributed by atoms with Crippen molar-refractivity contribution in [3.8, 4) is 0 Å². The van der Waals surface area contributed by atoms with E-state index in [1.54, 1.807) is 6.92 Å². The SMILES string of the molecule is CC(NC(=O)c1ccc(Cl)o1)c1ccc(F)cc1F. The van der Waals surface area contributed by atoms with Crippen LogP contribution in [0.15, 0.2) is 34.7 Å². The van der Waals surface area contributed by atoms with Crippen LogP contribution in [0.2, 0.25) is 5.22 Å². The summed E-state index contributed by atoms with van der Waals surface area (Å²) in [5.41, 5.74) is 0.187. The molecular formula is C13H10ClF2NO2. The van der Waals surface area contributed by atoms with E-state index in [4.69, 9.17) is 16.0 Å². The van der Waals surface area contributed by atoms with E-state index >= 15 is 0 Å². The summed E-state index contributed by atoms with van der Waals surface area (Å²) in [4.78, 5) is 11.8. The number of nitrogens with one attached hydrogen (secondary N) is 1. The second-order valence-corrected chi connectivity index (χ2v) is 4.34. The highest BCUT2D eigenvalue weighted by Gasteiger charge is 2.17. The number of amides is 1. The molecule has 1 atom stereocenters. The van der Waals surface area contributed by atoms with E-state index in [0.29, 0.717) is 0 Å². The number of hydrogen-bond donors (Lipinski definition) is 1. The number of furan rings is 1.